The molecule has 1 aliphatic heterocycles. The molecule has 3 aromatic heterocycles. The van der Waals surface area contributed by atoms with Crippen molar-refractivity contribution in [2.24, 2.45) is 0 Å². The fourth-order valence-electron chi connectivity index (χ4n) is 4.34. The van der Waals surface area contributed by atoms with Gasteiger partial charge in [0.2, 0.25) is 0 Å². The number of hydrogen-bond acceptors (Lipinski definition) is 3. The van der Waals surface area contributed by atoms with Crippen molar-refractivity contribution in [1.82, 2.24) is 19.9 Å². The number of pyridine rings is 2. The van der Waals surface area contributed by atoms with Crippen LogP contribution in [0, 0.1) is 19.7 Å². The number of nitrogens with zero attached hydrogens (tertiary/aromatic N) is 4. The summed E-state index contributed by atoms with van der Waals surface area (Å²) in [7, 11) is 0. The Morgan fingerprint density at radius 1 is 0.969 bits per heavy atom. The van der Waals surface area contributed by atoms with Crippen molar-refractivity contribution in [3.63, 3.8) is 0 Å². The molecule has 0 radical (unpaired) electrons. The van der Waals surface area contributed by atoms with Crippen LogP contribution in [0.3, 0.4) is 0 Å². The van der Waals surface area contributed by atoms with Gasteiger partial charge in [-0.25, -0.2) is 4.39 Å². The zero-order chi connectivity index (χ0) is 22.2. The zero-order valence-corrected chi connectivity index (χ0v) is 18.6. The van der Waals surface area contributed by atoms with Gasteiger partial charge in [-0.15, -0.1) is 0 Å². The molecule has 5 rings (SSSR count). The van der Waals surface area contributed by atoms with Crippen LogP contribution in [0.4, 0.5) is 10.1 Å². The second-order valence-corrected chi connectivity index (χ2v) is 8.26. The van der Waals surface area contributed by atoms with Crippen LogP contribution in [-0.4, -0.2) is 19.6 Å². The molecule has 4 aromatic rings. The number of aryl methyl sites for hydroxylation is 2. The summed E-state index contributed by atoms with van der Waals surface area (Å²) in [5, 5.41) is 4.04. The predicted molar refractivity (Wildman–Crippen MR) is 127 cm³/mol. The first-order valence-corrected chi connectivity index (χ1v) is 10.8. The van der Waals surface area contributed by atoms with Crippen molar-refractivity contribution in [3.8, 4) is 5.69 Å². The monoisotopic (exact) mass is 443 g/mol. The number of anilines is 1. The zero-order valence-electron chi connectivity index (χ0n) is 17.7. The van der Waals surface area contributed by atoms with E-state index in [1.54, 1.807) is 25.4 Å². The molecule has 4 heterocycles. The van der Waals surface area contributed by atoms with Crippen molar-refractivity contribution >= 4 is 23.0 Å². The van der Waals surface area contributed by atoms with Crippen LogP contribution in [0.15, 0.2) is 79.3 Å². The number of rotatable bonds is 4. The quantitative estimate of drug-likeness (QED) is 0.439. The Morgan fingerprint density at radius 3 is 2.56 bits per heavy atom. The third-order valence-corrected chi connectivity index (χ3v) is 6.15. The highest BCUT2D eigenvalue weighted by Gasteiger charge is 2.42. The van der Waals surface area contributed by atoms with Gasteiger partial charge in [0.1, 0.15) is 11.9 Å². The summed E-state index contributed by atoms with van der Waals surface area (Å²) < 4.78 is 16.2. The molecule has 1 aromatic carbocycles. The third kappa shape index (κ3) is 3.44. The van der Waals surface area contributed by atoms with Gasteiger partial charge in [0.25, 0.3) is 0 Å². The SMILES string of the molecule is Cc1cc(N2C(=S)N[C@H](c3ccccn3)[C@@H]2c2ccc(C)n2-c2cccnc2)ccc1F. The van der Waals surface area contributed by atoms with E-state index in [4.69, 9.17) is 12.2 Å². The van der Waals surface area contributed by atoms with Crippen molar-refractivity contribution in [1.29, 1.82) is 0 Å². The maximum absolute atomic E-state index is 14.0. The molecule has 1 saturated heterocycles. The standard InChI is InChI=1S/C25H22FN5S/c1-16-14-18(9-10-20(16)26)31-24(23(29-25(31)32)21-7-3-4-13-28-21)22-11-8-17(2)30(22)19-6-5-12-27-15-19/h3-15,23-24H,1-2H3,(H,29,32)/t23-,24+/m1/s1. The molecule has 0 amide bonds. The van der Waals surface area contributed by atoms with Gasteiger partial charge in [0.15, 0.2) is 5.11 Å². The Kier molecular flexibility index (Phi) is 5.19. The summed E-state index contributed by atoms with van der Waals surface area (Å²) in [6.45, 7) is 3.83. The first kappa shape index (κ1) is 20.3. The fraction of sp³-hybridized carbons (Fsp3) is 0.160. The molecule has 1 fully saturated rings. The Hall–Kier alpha value is -3.58. The Morgan fingerprint density at radius 2 is 1.84 bits per heavy atom. The number of benzene rings is 1. The predicted octanol–water partition coefficient (Wildman–Crippen LogP) is 5.20. The summed E-state index contributed by atoms with van der Waals surface area (Å²) in [6.07, 6.45) is 5.39. The summed E-state index contributed by atoms with van der Waals surface area (Å²) in [4.78, 5) is 11.0. The van der Waals surface area contributed by atoms with Gasteiger partial charge in [-0.2, -0.15) is 0 Å². The minimum absolute atomic E-state index is 0.182. The summed E-state index contributed by atoms with van der Waals surface area (Å²) in [5.41, 5.74) is 5.39. The number of aromatic nitrogens is 3. The van der Waals surface area contributed by atoms with E-state index in [0.29, 0.717) is 10.7 Å². The maximum Gasteiger partial charge on any atom is 0.174 e. The molecule has 0 unspecified atom stereocenters. The van der Waals surface area contributed by atoms with Gasteiger partial charge in [0, 0.05) is 29.5 Å². The maximum atomic E-state index is 14.0. The Labute approximate surface area is 191 Å². The number of nitrogens with one attached hydrogen (secondary N) is 1. The van der Waals surface area contributed by atoms with E-state index in [-0.39, 0.29) is 17.9 Å². The van der Waals surface area contributed by atoms with Crippen LogP contribution < -0.4 is 10.2 Å². The van der Waals surface area contributed by atoms with Crippen LogP contribution in [0.1, 0.15) is 34.7 Å². The second-order valence-electron chi connectivity index (χ2n) is 7.88. The van der Waals surface area contributed by atoms with Gasteiger partial charge in [-0.3, -0.25) is 9.97 Å². The van der Waals surface area contributed by atoms with Crippen LogP contribution in [-0.2, 0) is 0 Å². The highest BCUT2D eigenvalue weighted by atomic mass is 32.1. The Bertz CT molecular complexity index is 1270. The van der Waals surface area contributed by atoms with E-state index >= 15 is 0 Å². The van der Waals surface area contributed by atoms with E-state index in [0.717, 1.165) is 28.5 Å². The molecular weight excluding hydrogens is 421 g/mol. The number of hydrogen-bond donors (Lipinski definition) is 1. The highest BCUT2D eigenvalue weighted by Crippen LogP contribution is 2.43. The molecule has 7 heteroatoms. The molecule has 2 atom stereocenters. The van der Waals surface area contributed by atoms with Gasteiger partial charge >= 0.3 is 0 Å². The molecule has 0 saturated carbocycles. The summed E-state index contributed by atoms with van der Waals surface area (Å²) in [6, 6.07) is 18.7. The van der Waals surface area contributed by atoms with Gasteiger partial charge in [-0.05, 0) is 86.2 Å². The van der Waals surface area contributed by atoms with E-state index in [1.807, 2.05) is 42.6 Å². The lowest BCUT2D eigenvalue weighted by atomic mass is 10.0. The average Bonchev–Trinajstić information content (AvgIpc) is 3.36. The van der Waals surface area contributed by atoms with Gasteiger partial charge in [0.05, 0.1) is 23.6 Å². The van der Waals surface area contributed by atoms with Crippen LogP contribution in [0.2, 0.25) is 0 Å². The lowest BCUT2D eigenvalue weighted by Crippen LogP contribution is -2.30. The number of halogens is 1. The second kappa shape index (κ2) is 8.16. The third-order valence-electron chi connectivity index (χ3n) is 5.83. The van der Waals surface area contributed by atoms with E-state index in [2.05, 4.69) is 43.8 Å². The van der Waals surface area contributed by atoms with E-state index in [1.165, 1.54) is 6.07 Å². The van der Waals surface area contributed by atoms with Crippen molar-refractivity contribution in [3.05, 3.63) is 108 Å². The molecule has 0 aliphatic carbocycles. The normalized spacial score (nSPS) is 18.1. The summed E-state index contributed by atoms with van der Waals surface area (Å²) >= 11 is 5.79. The van der Waals surface area contributed by atoms with Crippen molar-refractivity contribution in [2.45, 2.75) is 25.9 Å². The van der Waals surface area contributed by atoms with Crippen molar-refractivity contribution < 1.29 is 4.39 Å². The van der Waals surface area contributed by atoms with Gasteiger partial charge in [-0.1, -0.05) is 6.07 Å². The van der Waals surface area contributed by atoms with Crippen LogP contribution in [0.5, 0.6) is 0 Å². The van der Waals surface area contributed by atoms with Gasteiger partial charge < -0.3 is 14.8 Å². The Balaban J connectivity index is 1.71. The molecule has 32 heavy (non-hydrogen) atoms. The molecule has 1 N–H and O–H groups in total. The molecule has 160 valence electrons. The summed E-state index contributed by atoms with van der Waals surface area (Å²) in [5.74, 6) is -0.237. The largest absolute Gasteiger partial charge is 0.351 e. The lowest BCUT2D eigenvalue weighted by molar-refractivity contribution is 0.547. The van der Waals surface area contributed by atoms with E-state index < -0.39 is 0 Å². The van der Waals surface area contributed by atoms with E-state index in [9.17, 15) is 4.39 Å². The van der Waals surface area contributed by atoms with Crippen molar-refractivity contribution in [2.75, 3.05) is 4.90 Å². The first-order chi connectivity index (χ1) is 15.5. The minimum Gasteiger partial charge on any atom is -0.351 e. The molecule has 5 nitrogen and oxygen atoms in total. The van der Waals surface area contributed by atoms with Crippen LogP contribution >= 0.6 is 12.2 Å². The molecular formula is C25H22FN5S. The fourth-order valence-corrected chi connectivity index (χ4v) is 4.69. The minimum atomic E-state index is -0.237. The molecule has 0 spiro atoms. The number of thiocarbonyl (C=S) groups is 1. The molecule has 1 aliphatic rings. The molecule has 0 bridgehead atoms. The topological polar surface area (TPSA) is 46.0 Å². The van der Waals surface area contributed by atoms with Crippen LogP contribution in [0.25, 0.3) is 5.69 Å². The smallest absolute Gasteiger partial charge is 0.174 e. The highest BCUT2D eigenvalue weighted by molar-refractivity contribution is 7.80. The lowest BCUT2D eigenvalue weighted by Gasteiger charge is -2.29. The average molecular weight is 444 g/mol. The first-order valence-electron chi connectivity index (χ1n) is 10.4.